The van der Waals surface area contributed by atoms with E-state index in [1.165, 1.54) is 12.1 Å². The van der Waals surface area contributed by atoms with Gasteiger partial charge in [-0.3, -0.25) is 4.68 Å². The Kier molecular flexibility index (Phi) is 3.52. The predicted molar refractivity (Wildman–Crippen MR) is 61.6 cm³/mol. The van der Waals surface area contributed by atoms with E-state index < -0.39 is 5.97 Å². The Labute approximate surface area is 103 Å². The van der Waals surface area contributed by atoms with E-state index in [9.17, 15) is 4.79 Å². The zero-order valence-corrected chi connectivity index (χ0v) is 9.78. The van der Waals surface area contributed by atoms with Gasteiger partial charge in [0.1, 0.15) is 0 Å². The molecule has 0 fully saturated rings. The molecular formula is C11H12N4O3. The highest BCUT2D eigenvalue weighted by Gasteiger charge is 2.07. The summed E-state index contributed by atoms with van der Waals surface area (Å²) in [5, 5.41) is 19.9. The summed E-state index contributed by atoms with van der Waals surface area (Å²) in [6, 6.07) is 2.79. The number of carbonyl (C=O) groups is 1. The standard InChI is InChI=1S/C11H12N4O3/c1-2-5-15-7-8(6-12-15)18-10-4-3-9(11(16)17)13-14-10/h3-4,6-7H,2,5H2,1H3,(H,16,17). The lowest BCUT2D eigenvalue weighted by molar-refractivity contribution is 0.0689. The number of aromatic nitrogens is 4. The summed E-state index contributed by atoms with van der Waals surface area (Å²) >= 11 is 0. The molecule has 2 heterocycles. The molecule has 0 atom stereocenters. The van der Waals surface area contributed by atoms with Crippen molar-refractivity contribution in [3.05, 3.63) is 30.2 Å². The summed E-state index contributed by atoms with van der Waals surface area (Å²) in [4.78, 5) is 10.6. The fraction of sp³-hybridized carbons (Fsp3) is 0.273. The first-order valence-electron chi connectivity index (χ1n) is 5.46. The largest absolute Gasteiger partial charge is 0.476 e. The molecule has 1 N–H and O–H groups in total. The number of aromatic carboxylic acids is 1. The molecule has 0 aliphatic rings. The molecule has 94 valence electrons. The van der Waals surface area contributed by atoms with E-state index in [2.05, 4.69) is 22.2 Å². The van der Waals surface area contributed by atoms with Crippen molar-refractivity contribution in [2.45, 2.75) is 19.9 Å². The Bertz CT molecular complexity index is 535. The summed E-state index contributed by atoms with van der Waals surface area (Å²) in [6.07, 6.45) is 4.30. The van der Waals surface area contributed by atoms with Crippen LogP contribution in [0.25, 0.3) is 0 Å². The predicted octanol–water partition coefficient (Wildman–Crippen LogP) is 1.57. The van der Waals surface area contributed by atoms with Crippen molar-refractivity contribution in [2.75, 3.05) is 0 Å². The van der Waals surface area contributed by atoms with Crippen molar-refractivity contribution in [1.82, 2.24) is 20.0 Å². The third kappa shape index (κ3) is 2.82. The van der Waals surface area contributed by atoms with Crippen LogP contribution in [0.4, 0.5) is 0 Å². The van der Waals surface area contributed by atoms with E-state index in [4.69, 9.17) is 9.84 Å². The first-order chi connectivity index (χ1) is 8.69. The van der Waals surface area contributed by atoms with Crippen LogP contribution >= 0.6 is 0 Å². The highest BCUT2D eigenvalue weighted by Crippen LogP contribution is 2.17. The summed E-state index contributed by atoms with van der Waals surface area (Å²) in [7, 11) is 0. The lowest BCUT2D eigenvalue weighted by Crippen LogP contribution is -2.02. The SMILES string of the molecule is CCCn1cc(Oc2ccc(C(=O)O)nn2)cn1. The van der Waals surface area contributed by atoms with Crippen molar-refractivity contribution < 1.29 is 14.6 Å². The Morgan fingerprint density at radius 2 is 2.28 bits per heavy atom. The Morgan fingerprint density at radius 1 is 1.44 bits per heavy atom. The number of aryl methyl sites for hydroxylation is 1. The minimum Gasteiger partial charge on any atom is -0.476 e. The van der Waals surface area contributed by atoms with Gasteiger partial charge in [0.05, 0.1) is 12.4 Å². The average Bonchev–Trinajstić information content (AvgIpc) is 2.78. The fourth-order valence-corrected chi connectivity index (χ4v) is 1.36. The first kappa shape index (κ1) is 12.0. The molecule has 7 heteroatoms. The molecular weight excluding hydrogens is 236 g/mol. The van der Waals surface area contributed by atoms with Gasteiger partial charge < -0.3 is 9.84 Å². The fourth-order valence-electron chi connectivity index (χ4n) is 1.36. The van der Waals surface area contributed by atoms with Gasteiger partial charge in [-0.15, -0.1) is 10.2 Å². The summed E-state index contributed by atoms with van der Waals surface area (Å²) in [5.74, 6) is -0.346. The molecule has 0 unspecified atom stereocenters. The highest BCUT2D eigenvalue weighted by atomic mass is 16.5. The van der Waals surface area contributed by atoms with Crippen LogP contribution < -0.4 is 4.74 Å². The molecule has 0 saturated heterocycles. The van der Waals surface area contributed by atoms with Gasteiger partial charge in [-0.05, 0) is 12.5 Å². The van der Waals surface area contributed by atoms with Gasteiger partial charge >= 0.3 is 5.97 Å². The van der Waals surface area contributed by atoms with Crippen LogP contribution in [0.15, 0.2) is 24.5 Å². The van der Waals surface area contributed by atoms with E-state index in [1.54, 1.807) is 17.1 Å². The normalized spacial score (nSPS) is 10.3. The quantitative estimate of drug-likeness (QED) is 0.863. The number of rotatable bonds is 5. The van der Waals surface area contributed by atoms with Crippen molar-refractivity contribution in [3.8, 4) is 11.6 Å². The maximum atomic E-state index is 10.6. The zero-order valence-electron chi connectivity index (χ0n) is 9.78. The molecule has 0 saturated carbocycles. The van der Waals surface area contributed by atoms with Crippen molar-refractivity contribution >= 4 is 5.97 Å². The summed E-state index contributed by atoms with van der Waals surface area (Å²) in [6.45, 7) is 2.87. The number of carboxylic acid groups (broad SMARTS) is 1. The molecule has 2 aromatic heterocycles. The molecule has 2 rings (SSSR count). The van der Waals surface area contributed by atoms with Crippen molar-refractivity contribution in [2.24, 2.45) is 0 Å². The van der Waals surface area contributed by atoms with Gasteiger partial charge in [0, 0.05) is 12.6 Å². The van der Waals surface area contributed by atoms with E-state index in [-0.39, 0.29) is 11.6 Å². The van der Waals surface area contributed by atoms with Crippen molar-refractivity contribution in [1.29, 1.82) is 0 Å². The number of ether oxygens (including phenoxy) is 1. The van der Waals surface area contributed by atoms with Gasteiger partial charge in [-0.2, -0.15) is 5.10 Å². The maximum Gasteiger partial charge on any atom is 0.356 e. The van der Waals surface area contributed by atoms with E-state index in [0.29, 0.717) is 5.75 Å². The van der Waals surface area contributed by atoms with Gasteiger partial charge in [0.25, 0.3) is 0 Å². The second-order valence-corrected chi connectivity index (χ2v) is 3.60. The van der Waals surface area contributed by atoms with E-state index >= 15 is 0 Å². The zero-order chi connectivity index (χ0) is 13.0. The van der Waals surface area contributed by atoms with Crippen LogP contribution in [0.2, 0.25) is 0 Å². The van der Waals surface area contributed by atoms with Crippen LogP contribution in [0, 0.1) is 0 Å². The van der Waals surface area contributed by atoms with Crippen LogP contribution in [0.5, 0.6) is 11.6 Å². The van der Waals surface area contributed by atoms with Crippen LogP contribution in [0.1, 0.15) is 23.8 Å². The molecule has 0 radical (unpaired) electrons. The second kappa shape index (κ2) is 5.26. The lowest BCUT2D eigenvalue weighted by atomic mass is 10.4. The first-order valence-corrected chi connectivity index (χ1v) is 5.46. The third-order valence-corrected chi connectivity index (χ3v) is 2.14. The van der Waals surface area contributed by atoms with Crippen LogP contribution in [-0.2, 0) is 6.54 Å². The molecule has 0 bridgehead atoms. The molecule has 0 amide bonds. The molecule has 0 aliphatic heterocycles. The monoisotopic (exact) mass is 248 g/mol. The van der Waals surface area contributed by atoms with Gasteiger partial charge in [0.2, 0.25) is 5.88 Å². The van der Waals surface area contributed by atoms with Gasteiger partial charge in [0.15, 0.2) is 11.4 Å². The second-order valence-electron chi connectivity index (χ2n) is 3.60. The van der Waals surface area contributed by atoms with Crippen LogP contribution in [0.3, 0.4) is 0 Å². The minimum absolute atomic E-state index is 0.121. The molecule has 2 aromatic rings. The number of hydrogen-bond acceptors (Lipinski definition) is 5. The van der Waals surface area contributed by atoms with Crippen LogP contribution in [-0.4, -0.2) is 31.1 Å². The topological polar surface area (TPSA) is 90.1 Å². The highest BCUT2D eigenvalue weighted by molar-refractivity contribution is 5.84. The third-order valence-electron chi connectivity index (χ3n) is 2.14. The van der Waals surface area contributed by atoms with Crippen molar-refractivity contribution in [3.63, 3.8) is 0 Å². The van der Waals surface area contributed by atoms with Gasteiger partial charge in [-0.25, -0.2) is 4.79 Å². The summed E-state index contributed by atoms with van der Waals surface area (Å²) in [5.41, 5.74) is -0.121. The molecule has 0 aromatic carbocycles. The van der Waals surface area contributed by atoms with E-state index in [0.717, 1.165) is 13.0 Å². The molecule has 7 nitrogen and oxygen atoms in total. The Hall–Kier alpha value is -2.44. The number of hydrogen-bond donors (Lipinski definition) is 1. The smallest absolute Gasteiger partial charge is 0.356 e. The Morgan fingerprint density at radius 3 is 2.89 bits per heavy atom. The molecule has 0 aliphatic carbocycles. The van der Waals surface area contributed by atoms with Gasteiger partial charge in [-0.1, -0.05) is 6.92 Å². The summed E-state index contributed by atoms with van der Waals surface area (Å²) < 4.78 is 7.15. The number of carboxylic acids is 1. The maximum absolute atomic E-state index is 10.6. The van der Waals surface area contributed by atoms with E-state index in [1.807, 2.05) is 0 Å². The number of nitrogens with zero attached hydrogens (tertiary/aromatic N) is 4. The average molecular weight is 248 g/mol. The Balaban J connectivity index is 2.06. The lowest BCUT2D eigenvalue weighted by Gasteiger charge is -2.00. The minimum atomic E-state index is -1.12. The molecule has 18 heavy (non-hydrogen) atoms. The molecule has 0 spiro atoms.